The normalized spacial score (nSPS) is 45.7. The van der Waals surface area contributed by atoms with E-state index in [0.717, 1.165) is 7.11 Å². The minimum atomic E-state index is -2.19. The van der Waals surface area contributed by atoms with Crippen LogP contribution in [0.25, 0.3) is 0 Å². The van der Waals surface area contributed by atoms with E-state index in [1.54, 1.807) is 13.8 Å². The van der Waals surface area contributed by atoms with Crippen LogP contribution in [0.15, 0.2) is 0 Å². The number of alkyl halides is 1. The van der Waals surface area contributed by atoms with Gasteiger partial charge in [0.15, 0.2) is 0 Å². The van der Waals surface area contributed by atoms with Gasteiger partial charge in [-0.15, -0.1) is 0 Å². The average molecular weight is 270 g/mol. The Morgan fingerprint density at radius 2 is 2.00 bits per heavy atom. The molecule has 1 heterocycles. The fourth-order valence-corrected chi connectivity index (χ4v) is 4.22. The lowest BCUT2D eigenvalue weighted by atomic mass is 9.78. The third-order valence-corrected chi connectivity index (χ3v) is 4.70. The number of urea groups is 1. The van der Waals surface area contributed by atoms with Crippen molar-refractivity contribution in [3.8, 4) is 0 Å². The molecular formula is C12H15FN2O4. The van der Waals surface area contributed by atoms with E-state index >= 15 is 0 Å². The number of rotatable bonds is 1. The minimum absolute atomic E-state index is 0.315. The summed E-state index contributed by atoms with van der Waals surface area (Å²) >= 11 is 0. The highest BCUT2D eigenvalue weighted by atomic mass is 19.1. The third kappa shape index (κ3) is 1.18. The molecule has 7 heteroatoms. The van der Waals surface area contributed by atoms with E-state index in [0.29, 0.717) is 6.42 Å². The predicted molar refractivity (Wildman–Crippen MR) is 60.6 cm³/mol. The molecule has 2 aliphatic carbocycles. The molecule has 1 saturated heterocycles. The van der Waals surface area contributed by atoms with E-state index in [-0.39, 0.29) is 0 Å². The summed E-state index contributed by atoms with van der Waals surface area (Å²) < 4.78 is 19.4. The van der Waals surface area contributed by atoms with E-state index in [1.807, 2.05) is 0 Å². The summed E-state index contributed by atoms with van der Waals surface area (Å²) in [7, 11) is 1.12. The van der Waals surface area contributed by atoms with Crippen molar-refractivity contribution < 1.29 is 23.5 Å². The van der Waals surface area contributed by atoms with Gasteiger partial charge < -0.3 is 10.1 Å². The van der Waals surface area contributed by atoms with Crippen molar-refractivity contribution in [1.29, 1.82) is 0 Å². The van der Waals surface area contributed by atoms with Gasteiger partial charge in [0.05, 0.1) is 7.11 Å². The number of carbonyl (C=O) groups excluding carboxylic acids is 3. The lowest BCUT2D eigenvalue weighted by Crippen LogP contribution is -2.52. The van der Waals surface area contributed by atoms with Crippen LogP contribution in [0.1, 0.15) is 20.3 Å². The maximum absolute atomic E-state index is 14.9. The molecule has 1 spiro atoms. The first-order chi connectivity index (χ1) is 8.70. The molecule has 4 unspecified atom stereocenters. The van der Waals surface area contributed by atoms with Gasteiger partial charge in [0.2, 0.25) is 5.67 Å². The maximum atomic E-state index is 14.9. The van der Waals surface area contributed by atoms with Gasteiger partial charge in [-0.05, 0) is 11.8 Å². The zero-order valence-corrected chi connectivity index (χ0v) is 10.9. The van der Waals surface area contributed by atoms with Crippen LogP contribution < -0.4 is 10.6 Å². The van der Waals surface area contributed by atoms with E-state index in [2.05, 4.69) is 15.4 Å². The Bertz CT molecular complexity index is 520. The number of fused-ring (bicyclic) bond motifs is 2. The molecule has 3 fully saturated rings. The largest absolute Gasteiger partial charge is 0.467 e. The number of hydrogen-bond acceptors (Lipinski definition) is 4. The van der Waals surface area contributed by atoms with Crippen LogP contribution in [0, 0.1) is 17.3 Å². The topological polar surface area (TPSA) is 84.5 Å². The molecule has 0 aromatic heterocycles. The quantitative estimate of drug-likeness (QED) is 0.523. The number of carbonyl (C=O) groups is 3. The number of halogens is 1. The van der Waals surface area contributed by atoms with Gasteiger partial charge >= 0.3 is 12.0 Å². The Hall–Kier alpha value is -1.66. The van der Waals surface area contributed by atoms with Crippen LogP contribution in [0.5, 0.6) is 0 Å². The molecule has 3 aliphatic rings. The summed E-state index contributed by atoms with van der Waals surface area (Å²) in [4.78, 5) is 35.1. The Labute approximate surface area is 109 Å². The molecule has 0 bridgehead atoms. The molecule has 3 rings (SSSR count). The van der Waals surface area contributed by atoms with Gasteiger partial charge in [-0.1, -0.05) is 13.8 Å². The van der Waals surface area contributed by atoms with Crippen molar-refractivity contribution in [1.82, 2.24) is 10.6 Å². The smallest absolute Gasteiger partial charge is 0.344 e. The molecule has 104 valence electrons. The molecular weight excluding hydrogens is 255 g/mol. The highest BCUT2D eigenvalue weighted by Gasteiger charge is 2.88. The monoisotopic (exact) mass is 270 g/mol. The van der Waals surface area contributed by atoms with Gasteiger partial charge in [-0.2, -0.15) is 0 Å². The van der Waals surface area contributed by atoms with Crippen LogP contribution >= 0.6 is 0 Å². The molecule has 3 amide bonds. The van der Waals surface area contributed by atoms with Crippen molar-refractivity contribution in [2.24, 2.45) is 17.3 Å². The van der Waals surface area contributed by atoms with Crippen LogP contribution in [-0.2, 0) is 14.3 Å². The summed E-state index contributed by atoms with van der Waals surface area (Å²) in [5, 5.41) is 4.64. The van der Waals surface area contributed by atoms with Crippen molar-refractivity contribution >= 4 is 17.9 Å². The minimum Gasteiger partial charge on any atom is -0.467 e. The second-order valence-corrected chi connectivity index (χ2v) is 6.26. The Balaban J connectivity index is 2.06. The number of methoxy groups -OCH3 is 1. The van der Waals surface area contributed by atoms with Crippen molar-refractivity contribution in [2.75, 3.05) is 7.11 Å². The van der Waals surface area contributed by atoms with Crippen LogP contribution in [-0.4, -0.2) is 36.2 Å². The standard InChI is InChI=1S/C12H15FN2O4/c1-10(2)4-11(7(16)14-9(18)15-11)6-5(10)12(6,13)8(17)19-3/h5-6H,4H2,1-3H3,(H2,14,15,16,18). The first-order valence-electron chi connectivity index (χ1n) is 6.11. The number of imide groups is 1. The first-order valence-corrected chi connectivity index (χ1v) is 6.11. The lowest BCUT2D eigenvalue weighted by Gasteiger charge is -2.31. The lowest BCUT2D eigenvalue weighted by molar-refractivity contribution is -0.152. The first kappa shape index (κ1) is 12.4. The van der Waals surface area contributed by atoms with Crippen LogP contribution in [0.3, 0.4) is 0 Å². The predicted octanol–water partition coefficient (Wildman–Crippen LogP) is 0.122. The molecule has 1 aliphatic heterocycles. The molecule has 4 atom stereocenters. The van der Waals surface area contributed by atoms with E-state index < -0.39 is 46.4 Å². The average Bonchev–Trinajstić information content (AvgIpc) is 2.76. The molecule has 19 heavy (non-hydrogen) atoms. The van der Waals surface area contributed by atoms with E-state index in [1.165, 1.54) is 0 Å². The zero-order valence-electron chi connectivity index (χ0n) is 10.9. The van der Waals surface area contributed by atoms with Gasteiger partial charge in [0.25, 0.3) is 5.91 Å². The van der Waals surface area contributed by atoms with Gasteiger partial charge in [0.1, 0.15) is 5.54 Å². The van der Waals surface area contributed by atoms with Crippen molar-refractivity contribution in [2.45, 2.75) is 31.5 Å². The fraction of sp³-hybridized carbons (Fsp3) is 0.750. The molecule has 0 aromatic carbocycles. The summed E-state index contributed by atoms with van der Waals surface area (Å²) in [5.74, 6) is -2.99. The molecule has 2 N–H and O–H groups in total. The van der Waals surface area contributed by atoms with Crippen molar-refractivity contribution in [3.05, 3.63) is 0 Å². The summed E-state index contributed by atoms with van der Waals surface area (Å²) in [6.07, 6.45) is 0.315. The molecule has 0 aromatic rings. The Kier molecular flexibility index (Phi) is 2.01. The third-order valence-electron chi connectivity index (χ3n) is 4.70. The van der Waals surface area contributed by atoms with Gasteiger partial charge in [-0.3, -0.25) is 10.1 Å². The highest BCUT2D eigenvalue weighted by Crippen LogP contribution is 2.74. The zero-order chi connectivity index (χ0) is 14.2. The van der Waals surface area contributed by atoms with Crippen LogP contribution in [0.2, 0.25) is 0 Å². The van der Waals surface area contributed by atoms with Crippen LogP contribution in [0.4, 0.5) is 9.18 Å². The SMILES string of the molecule is COC(=O)C1(F)C2C1C1(CC2(C)C)NC(=O)NC1=O. The Morgan fingerprint density at radius 3 is 2.47 bits per heavy atom. The highest BCUT2D eigenvalue weighted by molar-refractivity contribution is 6.09. The number of amides is 3. The Morgan fingerprint density at radius 1 is 1.37 bits per heavy atom. The molecule has 6 nitrogen and oxygen atoms in total. The molecule has 0 radical (unpaired) electrons. The summed E-state index contributed by atoms with van der Waals surface area (Å²) in [5.41, 5.74) is -4.08. The van der Waals surface area contributed by atoms with Gasteiger partial charge in [0, 0.05) is 11.8 Å². The summed E-state index contributed by atoms with van der Waals surface area (Å²) in [6, 6.07) is -0.638. The number of esters is 1. The summed E-state index contributed by atoms with van der Waals surface area (Å²) in [6.45, 7) is 3.59. The second kappa shape index (κ2) is 3.08. The fourth-order valence-electron chi connectivity index (χ4n) is 4.22. The van der Waals surface area contributed by atoms with E-state index in [9.17, 15) is 18.8 Å². The maximum Gasteiger partial charge on any atom is 0.344 e. The number of nitrogens with one attached hydrogen (secondary N) is 2. The van der Waals surface area contributed by atoms with Crippen molar-refractivity contribution in [3.63, 3.8) is 0 Å². The molecule has 2 saturated carbocycles. The van der Waals surface area contributed by atoms with E-state index in [4.69, 9.17) is 0 Å². The van der Waals surface area contributed by atoms with Gasteiger partial charge in [-0.25, -0.2) is 14.0 Å². The number of ether oxygens (including phenoxy) is 1. The number of hydrogen-bond donors (Lipinski definition) is 2. The second-order valence-electron chi connectivity index (χ2n) is 6.26.